The van der Waals surface area contributed by atoms with Crippen LogP contribution in [0.2, 0.25) is 0 Å². The molecule has 0 bridgehead atoms. The predicted octanol–water partition coefficient (Wildman–Crippen LogP) is 2.53. The summed E-state index contributed by atoms with van der Waals surface area (Å²) < 4.78 is 17.9. The van der Waals surface area contributed by atoms with Crippen molar-refractivity contribution in [3.8, 4) is 5.75 Å². The highest BCUT2D eigenvalue weighted by Gasteiger charge is 2.38. The van der Waals surface area contributed by atoms with Gasteiger partial charge in [0.2, 0.25) is 6.86 Å². The molecule has 1 aliphatic heterocycles. The van der Waals surface area contributed by atoms with Crippen molar-refractivity contribution in [1.29, 1.82) is 0 Å². The molecular weight excluding hydrogens is 273 g/mol. The Hall–Kier alpha value is -0.850. The van der Waals surface area contributed by atoms with E-state index in [2.05, 4.69) is 0 Å². The summed E-state index contributed by atoms with van der Waals surface area (Å²) in [5, 5.41) is 10.2. The number of aliphatic hydroxyl groups is 1. The average Bonchev–Trinajstić information content (AvgIpc) is 2.59. The van der Waals surface area contributed by atoms with E-state index in [0.717, 1.165) is 5.56 Å². The number of thiocarbonyl (C=S) groups is 1. The minimum atomic E-state index is -0.968. The lowest BCUT2D eigenvalue weighted by atomic mass is 10.1. The van der Waals surface area contributed by atoms with Crippen LogP contribution in [0.5, 0.6) is 5.75 Å². The molecule has 98 valence electrons. The van der Waals surface area contributed by atoms with Crippen LogP contribution in [-0.2, 0) is 6.54 Å². The number of hydrogen-bond acceptors (Lipinski definition) is 4. The highest BCUT2D eigenvalue weighted by Crippen LogP contribution is 2.34. The van der Waals surface area contributed by atoms with E-state index in [1.807, 2.05) is 12.1 Å². The maximum absolute atomic E-state index is 12.3. The third-order valence-corrected chi connectivity index (χ3v) is 4.51. The smallest absolute Gasteiger partial charge is 0.228 e. The summed E-state index contributed by atoms with van der Waals surface area (Å²) >= 11 is 6.65. The van der Waals surface area contributed by atoms with Gasteiger partial charge in [-0.1, -0.05) is 42.2 Å². The SMILES string of the molecule is CC1(O)CSC(=S)N1Cc1ccccc1OCF. The van der Waals surface area contributed by atoms with Crippen LogP contribution in [0.25, 0.3) is 0 Å². The van der Waals surface area contributed by atoms with Crippen molar-refractivity contribution in [3.05, 3.63) is 29.8 Å². The van der Waals surface area contributed by atoms with E-state index >= 15 is 0 Å². The van der Waals surface area contributed by atoms with Gasteiger partial charge in [0, 0.05) is 11.3 Å². The molecule has 1 aromatic rings. The van der Waals surface area contributed by atoms with E-state index in [4.69, 9.17) is 17.0 Å². The molecule has 1 fully saturated rings. The van der Waals surface area contributed by atoms with Gasteiger partial charge in [-0.05, 0) is 13.0 Å². The zero-order valence-corrected chi connectivity index (χ0v) is 11.6. The molecule has 0 aromatic heterocycles. The van der Waals surface area contributed by atoms with E-state index in [0.29, 0.717) is 22.4 Å². The Morgan fingerprint density at radius 1 is 1.56 bits per heavy atom. The molecule has 0 amide bonds. The first-order chi connectivity index (χ1) is 8.54. The third kappa shape index (κ3) is 2.76. The second-order valence-corrected chi connectivity index (χ2v) is 5.83. The Bertz CT molecular complexity index is 453. The highest BCUT2D eigenvalue weighted by atomic mass is 32.2. The maximum Gasteiger partial charge on any atom is 0.228 e. The Kier molecular flexibility index (Phi) is 4.09. The Balaban J connectivity index is 2.21. The first-order valence-electron chi connectivity index (χ1n) is 5.48. The number of halogens is 1. The van der Waals surface area contributed by atoms with Gasteiger partial charge >= 0.3 is 0 Å². The summed E-state index contributed by atoms with van der Waals surface area (Å²) in [5.74, 6) is 1.02. The topological polar surface area (TPSA) is 32.7 Å². The number of ether oxygens (including phenoxy) is 1. The number of hydrogen-bond donors (Lipinski definition) is 1. The van der Waals surface area contributed by atoms with E-state index in [1.165, 1.54) is 11.8 Å². The van der Waals surface area contributed by atoms with Crippen LogP contribution in [0.3, 0.4) is 0 Å². The van der Waals surface area contributed by atoms with Crippen LogP contribution in [-0.4, -0.2) is 32.7 Å². The lowest BCUT2D eigenvalue weighted by Gasteiger charge is -2.31. The zero-order valence-electron chi connectivity index (χ0n) is 9.93. The van der Waals surface area contributed by atoms with Crippen molar-refractivity contribution in [1.82, 2.24) is 4.90 Å². The molecule has 2 rings (SSSR count). The molecule has 6 heteroatoms. The number of rotatable bonds is 4. The molecule has 3 nitrogen and oxygen atoms in total. The monoisotopic (exact) mass is 287 g/mol. The zero-order chi connectivity index (χ0) is 13.2. The van der Waals surface area contributed by atoms with Gasteiger partial charge in [-0.25, -0.2) is 4.39 Å². The van der Waals surface area contributed by atoms with Crippen molar-refractivity contribution in [2.24, 2.45) is 0 Å². The fourth-order valence-corrected chi connectivity index (χ4v) is 3.20. The summed E-state index contributed by atoms with van der Waals surface area (Å²) in [4.78, 5) is 1.73. The van der Waals surface area contributed by atoms with E-state index in [1.54, 1.807) is 24.0 Å². The van der Waals surface area contributed by atoms with E-state index < -0.39 is 12.6 Å². The molecule has 0 spiro atoms. The standard InChI is InChI=1S/C12H14FNO2S2/c1-12(15)7-18-11(17)14(12)6-9-4-2-3-5-10(9)16-8-13/h2-5,15H,6-8H2,1H3. The van der Waals surface area contributed by atoms with Crippen LogP contribution in [0.4, 0.5) is 4.39 Å². The minimum absolute atomic E-state index is 0.412. The van der Waals surface area contributed by atoms with Crippen molar-refractivity contribution in [3.63, 3.8) is 0 Å². The second kappa shape index (κ2) is 5.42. The summed E-state index contributed by atoms with van der Waals surface area (Å²) in [7, 11) is 0. The molecule has 1 aliphatic rings. The molecule has 1 saturated heterocycles. The molecule has 1 unspecified atom stereocenters. The molecule has 18 heavy (non-hydrogen) atoms. The fourth-order valence-electron chi connectivity index (χ4n) is 1.79. The van der Waals surface area contributed by atoms with Gasteiger partial charge in [-0.15, -0.1) is 0 Å². The molecule has 1 heterocycles. The average molecular weight is 287 g/mol. The predicted molar refractivity (Wildman–Crippen MR) is 74.3 cm³/mol. The molecular formula is C12H14FNO2S2. The van der Waals surface area contributed by atoms with Gasteiger partial charge in [0.15, 0.2) is 0 Å². The van der Waals surface area contributed by atoms with E-state index in [-0.39, 0.29) is 0 Å². The van der Waals surface area contributed by atoms with Gasteiger partial charge in [-0.2, -0.15) is 0 Å². The second-order valence-electron chi connectivity index (χ2n) is 4.22. The Labute approximate surface area is 115 Å². The molecule has 1 N–H and O–H groups in total. The van der Waals surface area contributed by atoms with Crippen LogP contribution in [0.15, 0.2) is 24.3 Å². The molecule has 0 radical (unpaired) electrons. The van der Waals surface area contributed by atoms with Crippen LogP contribution in [0, 0.1) is 0 Å². The van der Waals surface area contributed by atoms with Crippen LogP contribution < -0.4 is 4.74 Å². The van der Waals surface area contributed by atoms with Gasteiger partial charge in [0.25, 0.3) is 0 Å². The number of benzene rings is 1. The summed E-state index contributed by atoms with van der Waals surface area (Å²) in [6, 6.07) is 7.17. The lowest BCUT2D eigenvalue weighted by molar-refractivity contribution is -0.0274. The number of para-hydroxylation sites is 1. The van der Waals surface area contributed by atoms with Gasteiger partial charge in [0.05, 0.1) is 6.54 Å². The third-order valence-electron chi connectivity index (χ3n) is 2.78. The van der Waals surface area contributed by atoms with E-state index in [9.17, 15) is 9.50 Å². The molecule has 0 aliphatic carbocycles. The fraction of sp³-hybridized carbons (Fsp3) is 0.417. The molecule has 1 aromatic carbocycles. The summed E-state index contributed by atoms with van der Waals surface area (Å²) in [6.45, 7) is 1.26. The van der Waals surface area contributed by atoms with Crippen LogP contribution in [0.1, 0.15) is 12.5 Å². The van der Waals surface area contributed by atoms with Gasteiger partial charge in [-0.3, -0.25) is 0 Å². The number of nitrogens with zero attached hydrogens (tertiary/aromatic N) is 1. The largest absolute Gasteiger partial charge is 0.463 e. The summed E-state index contributed by atoms with van der Waals surface area (Å²) in [5.41, 5.74) is -0.162. The van der Waals surface area contributed by atoms with Gasteiger partial charge in [0.1, 0.15) is 15.8 Å². The first kappa shape index (κ1) is 13.6. The van der Waals surface area contributed by atoms with Crippen molar-refractivity contribution in [2.75, 3.05) is 12.6 Å². The van der Waals surface area contributed by atoms with Crippen LogP contribution >= 0.6 is 24.0 Å². The van der Waals surface area contributed by atoms with Gasteiger partial charge < -0.3 is 14.7 Å². The Morgan fingerprint density at radius 3 is 2.89 bits per heavy atom. The Morgan fingerprint density at radius 2 is 2.28 bits per heavy atom. The van der Waals surface area contributed by atoms with Crippen molar-refractivity contribution in [2.45, 2.75) is 19.2 Å². The van der Waals surface area contributed by atoms with Crippen molar-refractivity contribution >= 4 is 28.3 Å². The normalized spacial score (nSPS) is 23.5. The minimum Gasteiger partial charge on any atom is -0.463 e. The lowest BCUT2D eigenvalue weighted by Crippen LogP contribution is -2.43. The maximum atomic E-state index is 12.3. The number of thioether (sulfide) groups is 1. The first-order valence-corrected chi connectivity index (χ1v) is 6.87. The molecule has 1 atom stereocenters. The molecule has 0 saturated carbocycles. The highest BCUT2D eigenvalue weighted by molar-refractivity contribution is 8.23. The quantitative estimate of drug-likeness (QED) is 0.861. The van der Waals surface area contributed by atoms with Crippen molar-refractivity contribution < 1.29 is 14.2 Å². The summed E-state index contributed by atoms with van der Waals surface area (Å²) in [6.07, 6.45) is 0. The number of alkyl halides is 1.